The van der Waals surface area contributed by atoms with Crippen LogP contribution in [0.4, 0.5) is 0 Å². The summed E-state index contributed by atoms with van der Waals surface area (Å²) in [5.74, 6) is -0.392. The maximum Gasteiger partial charge on any atom is 0.309 e. The Labute approximate surface area is 104 Å². The molecule has 1 aliphatic heterocycles. The molecule has 94 valence electrons. The van der Waals surface area contributed by atoms with Gasteiger partial charge in [-0.05, 0) is 6.08 Å². The van der Waals surface area contributed by atoms with Crippen LogP contribution in [0.3, 0.4) is 0 Å². The molecule has 0 spiro atoms. The summed E-state index contributed by atoms with van der Waals surface area (Å²) in [6, 6.07) is 0. The number of aldehydes is 1. The molecule has 2 atom stereocenters. The van der Waals surface area contributed by atoms with E-state index >= 15 is 0 Å². The SMILES string of the molecule is COC(=O)C(CC=O)C1C=C(NC(C)=O)SC1. The first-order valence-corrected chi connectivity index (χ1v) is 6.20. The van der Waals surface area contributed by atoms with Gasteiger partial charge in [0.05, 0.1) is 18.1 Å². The van der Waals surface area contributed by atoms with Gasteiger partial charge in [-0.1, -0.05) is 0 Å². The summed E-state index contributed by atoms with van der Waals surface area (Å²) in [5.41, 5.74) is 0. The normalized spacial score (nSPS) is 20.4. The van der Waals surface area contributed by atoms with Crippen LogP contribution in [-0.4, -0.2) is 31.0 Å². The van der Waals surface area contributed by atoms with Crippen LogP contribution in [0.15, 0.2) is 11.1 Å². The number of rotatable bonds is 5. The summed E-state index contributed by atoms with van der Waals surface area (Å²) in [4.78, 5) is 32.9. The average molecular weight is 257 g/mol. The molecule has 1 N–H and O–H groups in total. The van der Waals surface area contributed by atoms with Crippen LogP contribution in [-0.2, 0) is 19.1 Å². The van der Waals surface area contributed by atoms with Crippen molar-refractivity contribution in [2.45, 2.75) is 13.3 Å². The summed E-state index contributed by atoms with van der Waals surface area (Å²) in [6.07, 6.45) is 2.68. The fourth-order valence-corrected chi connectivity index (χ4v) is 2.85. The number of carbonyl (C=O) groups is 3. The Morgan fingerprint density at radius 1 is 1.71 bits per heavy atom. The highest BCUT2D eigenvalue weighted by Crippen LogP contribution is 2.33. The van der Waals surface area contributed by atoms with Gasteiger partial charge in [-0.2, -0.15) is 0 Å². The fraction of sp³-hybridized carbons (Fsp3) is 0.545. The highest BCUT2D eigenvalue weighted by atomic mass is 32.2. The lowest BCUT2D eigenvalue weighted by molar-refractivity contribution is -0.147. The quantitative estimate of drug-likeness (QED) is 0.580. The van der Waals surface area contributed by atoms with Crippen LogP contribution in [0.5, 0.6) is 0 Å². The number of carbonyl (C=O) groups excluding carboxylic acids is 3. The molecular weight excluding hydrogens is 242 g/mol. The Morgan fingerprint density at radius 2 is 2.41 bits per heavy atom. The lowest BCUT2D eigenvalue weighted by Gasteiger charge is -2.16. The summed E-state index contributed by atoms with van der Waals surface area (Å²) in [6.45, 7) is 1.43. The minimum atomic E-state index is -0.462. The fourth-order valence-electron chi connectivity index (χ4n) is 1.66. The van der Waals surface area contributed by atoms with E-state index in [-0.39, 0.29) is 24.2 Å². The average Bonchev–Trinajstić information content (AvgIpc) is 2.72. The first kappa shape index (κ1) is 13.8. The van der Waals surface area contributed by atoms with Gasteiger partial charge in [0.25, 0.3) is 0 Å². The minimum Gasteiger partial charge on any atom is -0.469 e. The van der Waals surface area contributed by atoms with E-state index in [9.17, 15) is 14.4 Å². The van der Waals surface area contributed by atoms with Crippen LogP contribution >= 0.6 is 11.8 Å². The monoisotopic (exact) mass is 257 g/mol. The Balaban J connectivity index is 2.70. The molecule has 0 aromatic heterocycles. The van der Waals surface area contributed by atoms with E-state index in [1.807, 2.05) is 6.08 Å². The molecule has 1 amide bonds. The molecule has 0 bridgehead atoms. The third-order valence-corrected chi connectivity index (χ3v) is 3.57. The highest BCUT2D eigenvalue weighted by Gasteiger charge is 2.31. The molecule has 2 unspecified atom stereocenters. The van der Waals surface area contributed by atoms with Gasteiger partial charge in [-0.3, -0.25) is 9.59 Å². The number of thioether (sulfide) groups is 1. The van der Waals surface area contributed by atoms with Gasteiger partial charge in [0.1, 0.15) is 6.29 Å². The maximum absolute atomic E-state index is 11.5. The van der Waals surface area contributed by atoms with Crippen molar-refractivity contribution in [2.75, 3.05) is 12.9 Å². The Hall–Kier alpha value is -1.30. The summed E-state index contributed by atoms with van der Waals surface area (Å²) >= 11 is 1.47. The molecule has 6 heteroatoms. The molecule has 0 aromatic carbocycles. The number of hydrogen-bond acceptors (Lipinski definition) is 5. The van der Waals surface area contributed by atoms with Crippen molar-refractivity contribution in [3.8, 4) is 0 Å². The molecule has 0 fully saturated rings. The van der Waals surface area contributed by atoms with Crippen LogP contribution in [0.2, 0.25) is 0 Å². The van der Waals surface area contributed by atoms with Crippen LogP contribution < -0.4 is 5.32 Å². The van der Waals surface area contributed by atoms with E-state index < -0.39 is 5.92 Å². The first-order valence-electron chi connectivity index (χ1n) is 5.22. The van der Waals surface area contributed by atoms with E-state index in [4.69, 9.17) is 0 Å². The summed E-state index contributed by atoms with van der Waals surface area (Å²) in [7, 11) is 1.31. The Morgan fingerprint density at radius 3 is 2.94 bits per heavy atom. The van der Waals surface area contributed by atoms with Gasteiger partial charge in [0, 0.05) is 25.0 Å². The molecule has 17 heavy (non-hydrogen) atoms. The standard InChI is InChI=1S/C11H15NO4S/c1-7(14)12-10-5-8(6-17-10)9(3-4-13)11(15)16-2/h4-5,8-9H,3,6H2,1-2H3,(H,12,14). The van der Waals surface area contributed by atoms with Crippen molar-refractivity contribution < 1.29 is 19.1 Å². The highest BCUT2D eigenvalue weighted by molar-refractivity contribution is 8.03. The number of amides is 1. The Kier molecular flexibility index (Phi) is 5.21. The molecule has 0 saturated carbocycles. The van der Waals surface area contributed by atoms with Crippen molar-refractivity contribution in [1.82, 2.24) is 5.32 Å². The van der Waals surface area contributed by atoms with Gasteiger partial charge < -0.3 is 14.8 Å². The maximum atomic E-state index is 11.5. The largest absolute Gasteiger partial charge is 0.469 e. The van der Waals surface area contributed by atoms with Crippen molar-refractivity contribution in [3.05, 3.63) is 11.1 Å². The van der Waals surface area contributed by atoms with Crippen LogP contribution in [0, 0.1) is 11.8 Å². The molecule has 0 radical (unpaired) electrons. The third-order valence-electron chi connectivity index (χ3n) is 2.47. The van der Waals surface area contributed by atoms with E-state index in [2.05, 4.69) is 10.1 Å². The third kappa shape index (κ3) is 3.89. The number of ether oxygens (including phenoxy) is 1. The zero-order valence-corrected chi connectivity index (χ0v) is 10.6. The molecule has 1 aliphatic rings. The predicted molar refractivity (Wildman–Crippen MR) is 64.0 cm³/mol. The summed E-state index contributed by atoms with van der Waals surface area (Å²) < 4.78 is 4.67. The minimum absolute atomic E-state index is 0.0699. The molecule has 1 heterocycles. The second-order valence-corrected chi connectivity index (χ2v) is 4.78. The van der Waals surface area contributed by atoms with Gasteiger partial charge in [0.2, 0.25) is 5.91 Å². The lowest BCUT2D eigenvalue weighted by atomic mass is 9.91. The van der Waals surface area contributed by atoms with E-state index in [1.165, 1.54) is 25.8 Å². The topological polar surface area (TPSA) is 72.5 Å². The molecule has 5 nitrogen and oxygen atoms in total. The van der Waals surface area contributed by atoms with Crippen molar-refractivity contribution in [2.24, 2.45) is 11.8 Å². The van der Waals surface area contributed by atoms with Gasteiger partial charge in [-0.15, -0.1) is 11.8 Å². The molecule has 1 rings (SSSR count). The second kappa shape index (κ2) is 6.44. The summed E-state index contributed by atoms with van der Waals surface area (Å²) in [5, 5.41) is 3.41. The van der Waals surface area contributed by atoms with Crippen LogP contribution in [0.1, 0.15) is 13.3 Å². The van der Waals surface area contributed by atoms with Crippen molar-refractivity contribution in [1.29, 1.82) is 0 Å². The number of methoxy groups -OCH3 is 1. The van der Waals surface area contributed by atoms with Crippen LogP contribution in [0.25, 0.3) is 0 Å². The van der Waals surface area contributed by atoms with Gasteiger partial charge >= 0.3 is 5.97 Å². The van der Waals surface area contributed by atoms with Gasteiger partial charge in [-0.25, -0.2) is 0 Å². The Bertz CT molecular complexity index is 353. The van der Waals surface area contributed by atoms with E-state index in [1.54, 1.807) is 0 Å². The smallest absolute Gasteiger partial charge is 0.309 e. The lowest BCUT2D eigenvalue weighted by Crippen LogP contribution is -2.25. The van der Waals surface area contributed by atoms with Crippen molar-refractivity contribution >= 4 is 29.9 Å². The van der Waals surface area contributed by atoms with E-state index in [0.29, 0.717) is 5.75 Å². The molecule has 0 aliphatic carbocycles. The predicted octanol–water partition coefficient (Wildman–Crippen LogP) is 0.705. The van der Waals surface area contributed by atoms with Gasteiger partial charge in [0.15, 0.2) is 0 Å². The zero-order chi connectivity index (χ0) is 12.8. The van der Waals surface area contributed by atoms with Crippen molar-refractivity contribution in [3.63, 3.8) is 0 Å². The number of hydrogen-bond donors (Lipinski definition) is 1. The number of allylic oxidation sites excluding steroid dienone is 1. The second-order valence-electron chi connectivity index (χ2n) is 3.72. The van der Waals surface area contributed by atoms with E-state index in [0.717, 1.165) is 11.3 Å². The molecule has 0 aromatic rings. The zero-order valence-electron chi connectivity index (χ0n) is 9.76. The molecular formula is C11H15NO4S. The number of nitrogens with one attached hydrogen (secondary N) is 1. The number of esters is 1. The molecule has 0 saturated heterocycles. The first-order chi connectivity index (χ1) is 8.08.